The summed E-state index contributed by atoms with van der Waals surface area (Å²) in [6, 6.07) is 52.4. The Morgan fingerprint density at radius 3 is 0.895 bits per heavy atom. The standard InChI is InChI=1S/C36H24N2.H2/c1-7-19-31-25(13-1)26-14-2-8-20-32(26)37(31)35-23-11-5-17-29(35)30-18-6-12-24-36(30)38-33-21-9-3-15-27(33)28-16-4-10-22-34(28)38;/h1-24H;1H. The van der Waals surface area contributed by atoms with Crippen molar-refractivity contribution in [1.29, 1.82) is 0 Å². The molecule has 0 spiro atoms. The fraction of sp³-hybridized carbons (Fsp3) is 0. The van der Waals surface area contributed by atoms with Gasteiger partial charge in [-0.05, 0) is 36.4 Å². The molecule has 38 heavy (non-hydrogen) atoms. The number of nitrogens with zero attached hydrogens (tertiary/aromatic N) is 2. The van der Waals surface area contributed by atoms with Gasteiger partial charge >= 0.3 is 0 Å². The zero-order valence-electron chi connectivity index (χ0n) is 20.8. The highest BCUT2D eigenvalue weighted by Crippen LogP contribution is 2.40. The smallest absolute Gasteiger partial charge is 0.0541 e. The fourth-order valence-electron chi connectivity index (χ4n) is 6.16. The Bertz CT molecular complexity index is 1890. The first-order valence-corrected chi connectivity index (χ1v) is 13.1. The van der Waals surface area contributed by atoms with Crippen LogP contribution in [0.15, 0.2) is 146 Å². The molecule has 0 saturated heterocycles. The topological polar surface area (TPSA) is 9.86 Å². The highest BCUT2D eigenvalue weighted by molar-refractivity contribution is 6.11. The quantitative estimate of drug-likeness (QED) is 0.235. The summed E-state index contributed by atoms with van der Waals surface area (Å²) in [5, 5.41) is 5.09. The van der Waals surface area contributed by atoms with Gasteiger partial charge < -0.3 is 9.13 Å². The molecule has 2 nitrogen and oxygen atoms in total. The van der Waals surface area contributed by atoms with E-state index in [1.54, 1.807) is 0 Å². The lowest BCUT2D eigenvalue weighted by molar-refractivity contribution is 1.16. The van der Waals surface area contributed by atoms with Crippen LogP contribution in [0, 0.1) is 0 Å². The second-order valence-corrected chi connectivity index (χ2v) is 9.77. The molecule has 2 aromatic heterocycles. The Morgan fingerprint density at radius 1 is 0.289 bits per heavy atom. The molecule has 0 amide bonds. The van der Waals surface area contributed by atoms with Crippen LogP contribution in [0.2, 0.25) is 0 Å². The van der Waals surface area contributed by atoms with Crippen molar-refractivity contribution in [2.45, 2.75) is 0 Å². The van der Waals surface area contributed by atoms with Crippen molar-refractivity contribution in [2.24, 2.45) is 0 Å². The largest absolute Gasteiger partial charge is 0.309 e. The van der Waals surface area contributed by atoms with Gasteiger partial charge in [0.1, 0.15) is 0 Å². The molecule has 0 aliphatic heterocycles. The summed E-state index contributed by atoms with van der Waals surface area (Å²) in [6.45, 7) is 0. The number of hydrogen-bond donors (Lipinski definition) is 0. The number of aromatic nitrogens is 2. The normalized spacial score (nSPS) is 11.7. The first-order chi connectivity index (χ1) is 18.9. The summed E-state index contributed by atoms with van der Waals surface area (Å²) in [6.07, 6.45) is 0. The lowest BCUT2D eigenvalue weighted by Crippen LogP contribution is -2.01. The van der Waals surface area contributed by atoms with Crippen molar-refractivity contribution < 1.29 is 1.43 Å². The van der Waals surface area contributed by atoms with Crippen LogP contribution in [0.5, 0.6) is 0 Å². The van der Waals surface area contributed by atoms with Crippen LogP contribution in [-0.4, -0.2) is 9.13 Å². The Balaban J connectivity index is 0.00000253. The van der Waals surface area contributed by atoms with Gasteiger partial charge in [0.15, 0.2) is 0 Å². The Morgan fingerprint density at radius 2 is 0.553 bits per heavy atom. The molecule has 0 radical (unpaired) electrons. The predicted octanol–water partition coefficient (Wildman–Crippen LogP) is 9.79. The molecule has 0 aliphatic carbocycles. The average Bonchev–Trinajstić information content (AvgIpc) is 3.50. The van der Waals surface area contributed by atoms with Crippen LogP contribution in [0.1, 0.15) is 1.43 Å². The van der Waals surface area contributed by atoms with Gasteiger partial charge in [0.2, 0.25) is 0 Å². The SMILES string of the molecule is [HH].c1ccc(-n2c3ccccc3c3ccccc32)c(-c2ccccc2-n2c3ccccc3c3ccccc32)c1. The lowest BCUT2D eigenvalue weighted by atomic mass is 10.0. The molecule has 8 rings (SSSR count). The molecule has 0 fully saturated rings. The minimum atomic E-state index is 0. The number of rotatable bonds is 3. The van der Waals surface area contributed by atoms with Gasteiger partial charge in [0, 0.05) is 34.1 Å². The zero-order valence-corrected chi connectivity index (χ0v) is 20.8. The summed E-state index contributed by atoms with van der Waals surface area (Å²) < 4.78 is 4.84. The second-order valence-electron chi connectivity index (χ2n) is 9.77. The predicted molar refractivity (Wildman–Crippen MR) is 163 cm³/mol. The minimum Gasteiger partial charge on any atom is -0.309 e. The van der Waals surface area contributed by atoms with Gasteiger partial charge in [-0.3, -0.25) is 0 Å². The van der Waals surface area contributed by atoms with Crippen molar-refractivity contribution in [3.8, 4) is 22.5 Å². The maximum atomic E-state index is 2.42. The molecule has 0 aliphatic rings. The molecule has 2 heterocycles. The third-order valence-corrected chi connectivity index (χ3v) is 7.74. The summed E-state index contributed by atoms with van der Waals surface area (Å²) in [7, 11) is 0. The highest BCUT2D eigenvalue weighted by atomic mass is 15.0. The molecular formula is C36H26N2. The van der Waals surface area contributed by atoms with Gasteiger partial charge in [-0.15, -0.1) is 0 Å². The molecular weight excluding hydrogens is 460 g/mol. The Kier molecular flexibility index (Phi) is 4.55. The van der Waals surface area contributed by atoms with Gasteiger partial charge in [0.25, 0.3) is 0 Å². The van der Waals surface area contributed by atoms with Crippen molar-refractivity contribution in [1.82, 2.24) is 9.13 Å². The molecule has 0 unspecified atom stereocenters. The molecule has 0 saturated carbocycles. The van der Waals surface area contributed by atoms with Gasteiger partial charge in [0.05, 0.1) is 33.4 Å². The molecule has 0 N–H and O–H groups in total. The first-order valence-electron chi connectivity index (χ1n) is 13.1. The van der Waals surface area contributed by atoms with Crippen molar-refractivity contribution in [2.75, 3.05) is 0 Å². The number of hydrogen-bond acceptors (Lipinski definition) is 0. The molecule has 180 valence electrons. The van der Waals surface area contributed by atoms with E-state index in [0.29, 0.717) is 0 Å². The van der Waals surface area contributed by atoms with Gasteiger partial charge in [-0.2, -0.15) is 0 Å². The minimum absolute atomic E-state index is 0. The zero-order chi connectivity index (χ0) is 25.1. The molecule has 8 aromatic rings. The first kappa shape index (κ1) is 21.0. The third-order valence-electron chi connectivity index (χ3n) is 7.74. The Hall–Kier alpha value is -5.08. The lowest BCUT2D eigenvalue weighted by Gasteiger charge is -2.18. The monoisotopic (exact) mass is 486 g/mol. The van der Waals surface area contributed by atoms with Crippen molar-refractivity contribution >= 4 is 43.6 Å². The number of para-hydroxylation sites is 6. The number of benzene rings is 6. The van der Waals surface area contributed by atoms with Crippen LogP contribution in [0.3, 0.4) is 0 Å². The fourth-order valence-corrected chi connectivity index (χ4v) is 6.16. The maximum Gasteiger partial charge on any atom is 0.0541 e. The van der Waals surface area contributed by atoms with Crippen molar-refractivity contribution in [3.05, 3.63) is 146 Å². The van der Waals surface area contributed by atoms with Crippen LogP contribution in [0.25, 0.3) is 66.1 Å². The Labute approximate surface area is 222 Å². The molecule has 0 atom stereocenters. The number of fused-ring (bicyclic) bond motifs is 6. The van der Waals surface area contributed by atoms with Crippen LogP contribution in [0.4, 0.5) is 0 Å². The summed E-state index contributed by atoms with van der Waals surface area (Å²) in [5.41, 5.74) is 9.64. The van der Waals surface area contributed by atoms with E-state index in [2.05, 4.69) is 155 Å². The molecule has 2 heteroatoms. The molecule has 0 bridgehead atoms. The van der Waals surface area contributed by atoms with E-state index in [1.165, 1.54) is 66.1 Å². The van der Waals surface area contributed by atoms with Crippen LogP contribution in [-0.2, 0) is 0 Å². The summed E-state index contributed by atoms with van der Waals surface area (Å²) in [5.74, 6) is 0. The van der Waals surface area contributed by atoms with Crippen LogP contribution < -0.4 is 0 Å². The second kappa shape index (κ2) is 8.22. The molecule has 6 aromatic carbocycles. The van der Waals surface area contributed by atoms with Gasteiger partial charge in [-0.25, -0.2) is 0 Å². The van der Waals surface area contributed by atoms with E-state index in [0.717, 1.165) is 0 Å². The summed E-state index contributed by atoms with van der Waals surface area (Å²) >= 11 is 0. The van der Waals surface area contributed by atoms with Crippen molar-refractivity contribution in [3.63, 3.8) is 0 Å². The third kappa shape index (κ3) is 2.95. The highest BCUT2D eigenvalue weighted by Gasteiger charge is 2.19. The van der Waals surface area contributed by atoms with Gasteiger partial charge in [-0.1, -0.05) is 109 Å². The maximum absolute atomic E-state index is 2.42. The van der Waals surface area contributed by atoms with E-state index in [-0.39, 0.29) is 1.43 Å². The average molecular weight is 487 g/mol. The van der Waals surface area contributed by atoms with Crippen LogP contribution >= 0.6 is 0 Å². The van der Waals surface area contributed by atoms with E-state index in [9.17, 15) is 0 Å². The van der Waals surface area contributed by atoms with E-state index in [4.69, 9.17) is 0 Å². The van der Waals surface area contributed by atoms with E-state index >= 15 is 0 Å². The summed E-state index contributed by atoms with van der Waals surface area (Å²) in [4.78, 5) is 0. The van der Waals surface area contributed by atoms with E-state index < -0.39 is 0 Å². The van der Waals surface area contributed by atoms with E-state index in [1.807, 2.05) is 0 Å².